The smallest absolute Gasteiger partial charge is 0.212 e. The van der Waals surface area contributed by atoms with Crippen LogP contribution in [-0.2, 0) is 10.0 Å². The average molecular weight is 258 g/mol. The van der Waals surface area contributed by atoms with Crippen LogP contribution >= 0.6 is 15.9 Å². The summed E-state index contributed by atoms with van der Waals surface area (Å²) >= 11 is 3.25. The number of nitrogens with one attached hydrogen (secondary N) is 1. The monoisotopic (exact) mass is 257 g/mol. The van der Waals surface area contributed by atoms with E-state index in [1.807, 2.05) is 6.92 Å². The molecule has 0 aliphatic rings. The molecule has 0 saturated carbocycles. The lowest BCUT2D eigenvalue weighted by molar-refractivity contribution is 0.550. The van der Waals surface area contributed by atoms with Gasteiger partial charge in [-0.1, -0.05) is 22.9 Å². The molecular weight excluding hydrogens is 242 g/mol. The van der Waals surface area contributed by atoms with Crippen molar-refractivity contribution in [3.8, 4) is 0 Å². The van der Waals surface area contributed by atoms with E-state index in [1.165, 1.54) is 0 Å². The number of alkyl halides is 1. The minimum absolute atomic E-state index is 0.0115. The highest BCUT2D eigenvalue weighted by Gasteiger charge is 2.18. The molecule has 0 aliphatic carbocycles. The van der Waals surface area contributed by atoms with Gasteiger partial charge in [-0.25, -0.2) is 13.1 Å². The Balaban J connectivity index is 4.23. The molecule has 0 aromatic carbocycles. The lowest BCUT2D eigenvalue weighted by atomic mass is 10.3. The number of hydrogen-bond acceptors (Lipinski definition) is 2. The van der Waals surface area contributed by atoms with Gasteiger partial charge < -0.3 is 0 Å². The van der Waals surface area contributed by atoms with Crippen molar-refractivity contribution in [3.63, 3.8) is 0 Å². The summed E-state index contributed by atoms with van der Waals surface area (Å²) in [6, 6.07) is 0.0115. The summed E-state index contributed by atoms with van der Waals surface area (Å²) in [6.45, 7) is 5.29. The fourth-order valence-corrected chi connectivity index (χ4v) is 2.41. The zero-order valence-corrected chi connectivity index (χ0v) is 10.1. The molecule has 0 amide bonds. The third-order valence-electron chi connectivity index (χ3n) is 1.63. The summed E-state index contributed by atoms with van der Waals surface area (Å²) in [6.07, 6.45) is 0.803. The molecule has 0 radical (unpaired) electrons. The molecule has 0 aliphatic heterocycles. The number of hydrogen-bond donors (Lipinski definition) is 1. The number of halogens is 1. The van der Waals surface area contributed by atoms with E-state index in [0.29, 0.717) is 5.33 Å². The van der Waals surface area contributed by atoms with Crippen LogP contribution < -0.4 is 4.72 Å². The van der Waals surface area contributed by atoms with Crippen molar-refractivity contribution in [2.45, 2.75) is 38.5 Å². The van der Waals surface area contributed by atoms with Crippen molar-refractivity contribution in [1.82, 2.24) is 4.72 Å². The van der Waals surface area contributed by atoms with Crippen LogP contribution in [0.4, 0.5) is 0 Å². The lowest BCUT2D eigenvalue weighted by Gasteiger charge is -2.16. The minimum atomic E-state index is -3.10. The highest BCUT2D eigenvalue weighted by molar-refractivity contribution is 9.09. The second-order valence-electron chi connectivity index (χ2n) is 2.97. The Kier molecular flexibility index (Phi) is 5.36. The van der Waals surface area contributed by atoms with Crippen LogP contribution in [0.3, 0.4) is 0 Å². The summed E-state index contributed by atoms with van der Waals surface area (Å²) in [7, 11) is -3.10. The zero-order chi connectivity index (χ0) is 9.78. The molecule has 0 bridgehead atoms. The van der Waals surface area contributed by atoms with Crippen molar-refractivity contribution in [1.29, 1.82) is 0 Å². The molecule has 1 atom stereocenters. The Hall–Kier alpha value is 0.390. The first-order chi connectivity index (χ1) is 5.44. The molecule has 3 nitrogen and oxygen atoms in total. The molecule has 12 heavy (non-hydrogen) atoms. The first kappa shape index (κ1) is 12.4. The first-order valence-corrected chi connectivity index (χ1v) is 6.68. The van der Waals surface area contributed by atoms with E-state index in [1.54, 1.807) is 13.8 Å². The maximum Gasteiger partial charge on any atom is 0.214 e. The average Bonchev–Trinajstić information content (AvgIpc) is 2.00. The molecule has 0 fully saturated rings. The SMILES string of the molecule is CCC(CBr)NS(=O)(=O)C(C)C. The van der Waals surface area contributed by atoms with Gasteiger partial charge in [-0.15, -0.1) is 0 Å². The van der Waals surface area contributed by atoms with Gasteiger partial charge in [0.05, 0.1) is 5.25 Å². The fourth-order valence-electron chi connectivity index (χ4n) is 0.592. The van der Waals surface area contributed by atoms with Gasteiger partial charge in [-0.3, -0.25) is 0 Å². The molecule has 0 spiro atoms. The number of rotatable bonds is 5. The van der Waals surface area contributed by atoms with Crippen molar-refractivity contribution >= 4 is 26.0 Å². The molecule has 0 rings (SSSR count). The van der Waals surface area contributed by atoms with E-state index in [9.17, 15) is 8.42 Å². The lowest BCUT2D eigenvalue weighted by Crippen LogP contribution is -2.39. The summed E-state index contributed by atoms with van der Waals surface area (Å²) in [4.78, 5) is 0. The van der Waals surface area contributed by atoms with Gasteiger partial charge >= 0.3 is 0 Å². The van der Waals surface area contributed by atoms with Crippen LogP contribution in [-0.4, -0.2) is 25.0 Å². The van der Waals surface area contributed by atoms with Gasteiger partial charge in [0.1, 0.15) is 0 Å². The quantitative estimate of drug-likeness (QED) is 0.759. The largest absolute Gasteiger partial charge is 0.214 e. The minimum Gasteiger partial charge on any atom is -0.212 e. The van der Waals surface area contributed by atoms with Gasteiger partial charge in [0, 0.05) is 11.4 Å². The van der Waals surface area contributed by atoms with E-state index < -0.39 is 10.0 Å². The number of sulfonamides is 1. The van der Waals surface area contributed by atoms with Crippen LogP contribution in [0.25, 0.3) is 0 Å². The Morgan fingerprint density at radius 1 is 1.42 bits per heavy atom. The van der Waals surface area contributed by atoms with Crippen molar-refractivity contribution in [3.05, 3.63) is 0 Å². The van der Waals surface area contributed by atoms with E-state index in [4.69, 9.17) is 0 Å². The molecule has 0 saturated heterocycles. The maximum atomic E-state index is 11.3. The van der Waals surface area contributed by atoms with Crippen molar-refractivity contribution in [2.24, 2.45) is 0 Å². The zero-order valence-electron chi connectivity index (χ0n) is 7.67. The third kappa shape index (κ3) is 3.87. The Morgan fingerprint density at radius 2 is 1.92 bits per heavy atom. The van der Waals surface area contributed by atoms with Gasteiger partial charge in [0.25, 0.3) is 0 Å². The first-order valence-electron chi connectivity index (χ1n) is 4.01. The molecule has 1 unspecified atom stereocenters. The predicted octanol–water partition coefficient (Wildman–Crippen LogP) is 1.49. The van der Waals surface area contributed by atoms with Crippen molar-refractivity contribution in [2.75, 3.05) is 5.33 Å². The van der Waals surface area contributed by atoms with E-state index in [0.717, 1.165) is 6.42 Å². The fraction of sp³-hybridized carbons (Fsp3) is 1.00. The summed E-state index contributed by atoms with van der Waals surface area (Å²) in [5.41, 5.74) is 0. The van der Waals surface area contributed by atoms with Gasteiger partial charge in [0.15, 0.2) is 0 Å². The van der Waals surface area contributed by atoms with E-state index in [-0.39, 0.29) is 11.3 Å². The van der Waals surface area contributed by atoms with Gasteiger partial charge in [-0.2, -0.15) is 0 Å². The normalized spacial score (nSPS) is 15.1. The Bertz CT molecular complexity index is 209. The molecule has 0 aromatic heterocycles. The van der Waals surface area contributed by atoms with E-state index >= 15 is 0 Å². The standard InChI is InChI=1S/C7H16BrNO2S/c1-4-7(5-8)9-12(10,11)6(2)3/h6-7,9H,4-5H2,1-3H3. The molecular formula is C7H16BrNO2S. The molecule has 74 valence electrons. The third-order valence-corrected chi connectivity index (χ3v) is 4.32. The van der Waals surface area contributed by atoms with Crippen molar-refractivity contribution < 1.29 is 8.42 Å². The van der Waals surface area contributed by atoms with Crippen LogP contribution in [0, 0.1) is 0 Å². The Labute approximate surface area is 83.1 Å². The van der Waals surface area contributed by atoms with Gasteiger partial charge in [0.2, 0.25) is 10.0 Å². The van der Waals surface area contributed by atoms with Crippen LogP contribution in [0.1, 0.15) is 27.2 Å². The topological polar surface area (TPSA) is 46.2 Å². The maximum absolute atomic E-state index is 11.3. The second kappa shape index (κ2) is 5.19. The van der Waals surface area contributed by atoms with Crippen LogP contribution in [0.15, 0.2) is 0 Å². The second-order valence-corrected chi connectivity index (χ2v) is 5.89. The molecule has 5 heteroatoms. The van der Waals surface area contributed by atoms with E-state index in [2.05, 4.69) is 20.7 Å². The highest BCUT2D eigenvalue weighted by atomic mass is 79.9. The van der Waals surface area contributed by atoms with Crippen LogP contribution in [0.5, 0.6) is 0 Å². The Morgan fingerprint density at radius 3 is 2.17 bits per heavy atom. The molecule has 0 aromatic rings. The summed E-state index contributed by atoms with van der Waals surface area (Å²) < 4.78 is 25.3. The molecule has 0 heterocycles. The predicted molar refractivity (Wildman–Crippen MR) is 55.1 cm³/mol. The summed E-state index contributed by atoms with van der Waals surface area (Å²) in [5, 5.41) is 0.306. The van der Waals surface area contributed by atoms with Gasteiger partial charge in [-0.05, 0) is 20.3 Å². The van der Waals surface area contributed by atoms with Crippen LogP contribution in [0.2, 0.25) is 0 Å². The summed E-state index contributed by atoms with van der Waals surface area (Å²) in [5.74, 6) is 0. The molecule has 1 N–H and O–H groups in total. The highest BCUT2D eigenvalue weighted by Crippen LogP contribution is 2.02.